The third-order valence-corrected chi connectivity index (χ3v) is 9.79. The molecular weight excluding hydrogens is 580 g/mol. The van der Waals surface area contributed by atoms with Crippen LogP contribution in [-0.4, -0.2) is 62.5 Å². The van der Waals surface area contributed by atoms with Crippen LogP contribution in [0.25, 0.3) is 0 Å². The van der Waals surface area contributed by atoms with Crippen molar-refractivity contribution in [3.05, 3.63) is 56.6 Å². The first kappa shape index (κ1) is 33.3. The molecule has 3 aliphatic heterocycles. The minimum absolute atomic E-state index is 0.0261. The number of nitrogens with zero attached hydrogens (tertiary/aromatic N) is 1. The Morgan fingerprint density at radius 1 is 1.00 bits per heavy atom. The van der Waals surface area contributed by atoms with E-state index in [2.05, 4.69) is 28.2 Å². The number of allylic oxidation sites excluding steroid dienone is 3. The summed E-state index contributed by atoms with van der Waals surface area (Å²) in [6.07, 6.45) is 4.96. The summed E-state index contributed by atoms with van der Waals surface area (Å²) in [6.45, 7) is 9.72. The highest BCUT2D eigenvalue weighted by atomic mass is 32.1. The number of carbonyl (C=O) groups excluding carboxylic acids is 2. The van der Waals surface area contributed by atoms with Gasteiger partial charge in [0, 0.05) is 60.3 Å². The Bertz CT molecular complexity index is 1480. The van der Waals surface area contributed by atoms with Crippen molar-refractivity contribution in [2.45, 2.75) is 98.1 Å². The van der Waals surface area contributed by atoms with Gasteiger partial charge in [-0.1, -0.05) is 13.8 Å². The number of aromatic amines is 1. The number of rotatable bonds is 14. The third kappa shape index (κ3) is 7.03. The second-order valence-electron chi connectivity index (χ2n) is 12.1. The minimum atomic E-state index is -0.894. The fraction of sp³-hybridized carbons (Fsp3) is 0.545. The number of carboxylic acid groups (broad SMARTS) is 2. The molecule has 3 aliphatic rings. The lowest BCUT2D eigenvalue weighted by atomic mass is 9.86. The zero-order valence-electron chi connectivity index (χ0n) is 26.2. The highest BCUT2D eigenvalue weighted by molar-refractivity contribution is 7.80. The molecule has 0 aromatic carbocycles. The van der Waals surface area contributed by atoms with E-state index >= 15 is 0 Å². The average Bonchev–Trinajstić information content (AvgIpc) is 3.60. The third-order valence-electron chi connectivity index (χ3n) is 9.53. The fourth-order valence-electron chi connectivity index (χ4n) is 6.89. The van der Waals surface area contributed by atoms with E-state index in [0.717, 1.165) is 51.2 Å². The smallest absolute Gasteiger partial charge is 0.303 e. The van der Waals surface area contributed by atoms with E-state index in [0.29, 0.717) is 49.3 Å². The summed E-state index contributed by atoms with van der Waals surface area (Å²) in [5.41, 5.74) is 8.59. The predicted molar refractivity (Wildman–Crippen MR) is 172 cm³/mol. The summed E-state index contributed by atoms with van der Waals surface area (Å²) >= 11 is 4.41. The maximum absolute atomic E-state index is 12.5. The lowest BCUT2D eigenvalue weighted by molar-refractivity contribution is -0.138. The van der Waals surface area contributed by atoms with E-state index in [1.54, 1.807) is 0 Å². The van der Waals surface area contributed by atoms with Gasteiger partial charge >= 0.3 is 11.9 Å². The Hall–Kier alpha value is -3.60. The summed E-state index contributed by atoms with van der Waals surface area (Å²) in [5.74, 6) is -1.12. The summed E-state index contributed by atoms with van der Waals surface area (Å²) in [6, 6.07) is -0.394. The SMILES string of the molecule is CCC1=C(C)/C(=C/C2=NC(Cc3[nH]c(CC4NC(=O)[C@H](C)[C@H]4CCS)c(C)c3CCC(=O)O)C(CCC(=O)O)=C2C)NC1=O. The zero-order valence-corrected chi connectivity index (χ0v) is 27.1. The number of carboxylic acids is 2. The van der Waals surface area contributed by atoms with E-state index in [9.17, 15) is 29.4 Å². The standard InChI is InChI=1S/C33H44N4O6S/c1-6-20-16(2)26(36-33(20)43)13-24-17(3)21(7-9-30(38)39)27(34-24)15-28-22(8-10-31(40)41)18(4)25(35-28)14-29-23(11-12-44)19(5)32(42)37-29/h13,19,23,27,29,35,44H,6-12,14-15H2,1-5H3,(H,36,43)(H,37,42)(H,38,39)(H,40,41)/b26-13-/t19-,23-,27?,29?/m1/s1. The Labute approximate surface area is 264 Å². The normalized spacial score (nSPS) is 24.4. The predicted octanol–water partition coefficient (Wildman–Crippen LogP) is 4.24. The van der Waals surface area contributed by atoms with Gasteiger partial charge in [-0.05, 0) is 92.0 Å². The Morgan fingerprint density at radius 3 is 2.30 bits per heavy atom. The van der Waals surface area contributed by atoms with Crippen LogP contribution in [0.1, 0.15) is 82.3 Å². The number of amides is 2. The number of hydrogen-bond donors (Lipinski definition) is 6. The monoisotopic (exact) mass is 624 g/mol. The number of carbonyl (C=O) groups is 4. The van der Waals surface area contributed by atoms with Crippen LogP contribution in [0.2, 0.25) is 0 Å². The molecule has 1 saturated heterocycles. The van der Waals surface area contributed by atoms with Crippen LogP contribution in [0.3, 0.4) is 0 Å². The van der Waals surface area contributed by atoms with Crippen LogP contribution in [-0.2, 0) is 38.4 Å². The number of aromatic nitrogens is 1. The van der Waals surface area contributed by atoms with Crippen molar-refractivity contribution < 1.29 is 29.4 Å². The van der Waals surface area contributed by atoms with E-state index in [1.807, 2.05) is 40.7 Å². The van der Waals surface area contributed by atoms with Crippen molar-refractivity contribution in [3.8, 4) is 0 Å². The van der Waals surface area contributed by atoms with Gasteiger partial charge in [-0.2, -0.15) is 12.6 Å². The molecule has 2 unspecified atom stereocenters. The molecule has 0 radical (unpaired) electrons. The van der Waals surface area contributed by atoms with Crippen LogP contribution in [0.15, 0.2) is 39.1 Å². The average molecular weight is 625 g/mol. The lowest BCUT2D eigenvalue weighted by Crippen LogP contribution is -2.31. The molecule has 10 nitrogen and oxygen atoms in total. The van der Waals surface area contributed by atoms with Crippen LogP contribution < -0.4 is 10.6 Å². The van der Waals surface area contributed by atoms with E-state index < -0.39 is 11.9 Å². The summed E-state index contributed by atoms with van der Waals surface area (Å²) < 4.78 is 0. The number of nitrogens with one attached hydrogen (secondary N) is 3. The van der Waals surface area contributed by atoms with Gasteiger partial charge in [0.25, 0.3) is 5.91 Å². The quantitative estimate of drug-likeness (QED) is 0.170. The Kier molecular flexibility index (Phi) is 10.6. The van der Waals surface area contributed by atoms with E-state index in [-0.39, 0.29) is 48.6 Å². The molecule has 0 bridgehead atoms. The van der Waals surface area contributed by atoms with Gasteiger partial charge in [0.1, 0.15) is 0 Å². The molecule has 1 aromatic heterocycles. The summed E-state index contributed by atoms with van der Waals surface area (Å²) in [4.78, 5) is 56.7. The first-order valence-corrected chi connectivity index (χ1v) is 16.0. The van der Waals surface area contributed by atoms with Gasteiger partial charge in [-0.25, -0.2) is 0 Å². The summed E-state index contributed by atoms with van der Waals surface area (Å²) in [7, 11) is 0. The molecule has 238 valence electrons. The number of thiol groups is 1. The molecule has 4 atom stereocenters. The van der Waals surface area contributed by atoms with Gasteiger partial charge < -0.3 is 25.8 Å². The molecular formula is C33H44N4O6S. The van der Waals surface area contributed by atoms with Gasteiger partial charge in [0.05, 0.1) is 11.8 Å². The Balaban J connectivity index is 1.69. The highest BCUT2D eigenvalue weighted by Gasteiger charge is 2.39. The second kappa shape index (κ2) is 14.0. The highest BCUT2D eigenvalue weighted by Crippen LogP contribution is 2.34. The topological polar surface area (TPSA) is 161 Å². The van der Waals surface area contributed by atoms with Gasteiger partial charge in [0.15, 0.2) is 0 Å². The first-order valence-electron chi connectivity index (χ1n) is 15.4. The van der Waals surface area contributed by atoms with Crippen LogP contribution in [0, 0.1) is 18.8 Å². The molecule has 4 heterocycles. The number of aliphatic carboxylic acids is 2. The van der Waals surface area contributed by atoms with Crippen molar-refractivity contribution in [1.29, 1.82) is 0 Å². The molecule has 1 aromatic rings. The van der Waals surface area contributed by atoms with Crippen LogP contribution >= 0.6 is 12.6 Å². The largest absolute Gasteiger partial charge is 0.481 e. The van der Waals surface area contributed by atoms with Crippen molar-refractivity contribution in [1.82, 2.24) is 15.6 Å². The van der Waals surface area contributed by atoms with Gasteiger partial charge in [-0.3, -0.25) is 24.2 Å². The molecule has 0 aliphatic carbocycles. The Morgan fingerprint density at radius 2 is 1.68 bits per heavy atom. The molecule has 5 N–H and O–H groups in total. The number of hydrogen-bond acceptors (Lipinski definition) is 6. The molecule has 2 amide bonds. The van der Waals surface area contributed by atoms with Gasteiger partial charge in [-0.15, -0.1) is 0 Å². The van der Waals surface area contributed by atoms with Crippen molar-refractivity contribution in [2.75, 3.05) is 5.75 Å². The molecule has 0 saturated carbocycles. The van der Waals surface area contributed by atoms with Crippen LogP contribution in [0.4, 0.5) is 0 Å². The zero-order chi connectivity index (χ0) is 32.3. The van der Waals surface area contributed by atoms with E-state index in [1.165, 1.54) is 0 Å². The van der Waals surface area contributed by atoms with Gasteiger partial charge in [0.2, 0.25) is 5.91 Å². The fourth-order valence-corrected chi connectivity index (χ4v) is 7.18. The maximum atomic E-state index is 12.5. The number of aliphatic imine (C=N–C) groups is 1. The van der Waals surface area contributed by atoms with E-state index in [4.69, 9.17) is 4.99 Å². The van der Waals surface area contributed by atoms with Crippen LogP contribution in [0.5, 0.6) is 0 Å². The second-order valence-corrected chi connectivity index (χ2v) is 12.6. The first-order chi connectivity index (χ1) is 20.9. The molecule has 0 spiro atoms. The van der Waals surface area contributed by atoms with Crippen molar-refractivity contribution in [3.63, 3.8) is 0 Å². The maximum Gasteiger partial charge on any atom is 0.303 e. The minimum Gasteiger partial charge on any atom is -0.481 e. The molecule has 1 fully saturated rings. The molecule has 4 rings (SSSR count). The number of H-pyrrole nitrogens is 1. The molecule has 44 heavy (non-hydrogen) atoms. The lowest BCUT2D eigenvalue weighted by Gasteiger charge is -2.20. The molecule has 11 heteroatoms. The van der Waals surface area contributed by atoms with Crippen molar-refractivity contribution >= 4 is 42.1 Å². The summed E-state index contributed by atoms with van der Waals surface area (Å²) in [5, 5.41) is 25.0. The van der Waals surface area contributed by atoms with Crippen molar-refractivity contribution in [2.24, 2.45) is 16.8 Å².